The molecule has 0 radical (unpaired) electrons. The molecule has 0 aromatic heterocycles. The molecule has 1 aliphatic heterocycles. The third-order valence-corrected chi connectivity index (χ3v) is 4.85. The Kier molecular flexibility index (Phi) is 2.96. The summed E-state index contributed by atoms with van der Waals surface area (Å²) in [5, 5.41) is 0. The predicted molar refractivity (Wildman–Crippen MR) is 59.5 cm³/mol. The quantitative estimate of drug-likeness (QED) is 0.698. The van der Waals surface area contributed by atoms with Crippen LogP contribution >= 0.6 is 0 Å². The monoisotopic (exact) mass is 216 g/mol. The van der Waals surface area contributed by atoms with E-state index in [1.807, 2.05) is 0 Å². The highest BCUT2D eigenvalue weighted by atomic mass is 32.2. The first-order valence-electron chi connectivity index (χ1n) is 5.51. The molecule has 0 bridgehead atoms. The Morgan fingerprint density at radius 1 is 1.21 bits per heavy atom. The Bertz CT molecular complexity index is 232. The summed E-state index contributed by atoms with van der Waals surface area (Å²) in [6.45, 7) is 6.45. The zero-order valence-electron chi connectivity index (χ0n) is 9.16. The van der Waals surface area contributed by atoms with Crippen molar-refractivity contribution >= 4 is 11.0 Å². The third kappa shape index (κ3) is 1.88. The minimum atomic E-state index is -0.769. The van der Waals surface area contributed by atoms with Gasteiger partial charge in [0.1, 0.15) is 0 Å². The summed E-state index contributed by atoms with van der Waals surface area (Å²) in [5.74, 6) is 0. The third-order valence-electron chi connectivity index (χ3n) is 3.76. The molecule has 1 unspecified atom stereocenters. The highest BCUT2D eigenvalue weighted by molar-refractivity contribution is 7.81. The van der Waals surface area contributed by atoms with Crippen molar-refractivity contribution in [3.8, 4) is 0 Å². The van der Waals surface area contributed by atoms with Crippen LogP contribution in [0.5, 0.6) is 0 Å². The van der Waals surface area contributed by atoms with E-state index < -0.39 is 11.0 Å². The highest BCUT2D eigenvalue weighted by Gasteiger charge is 2.46. The molecule has 1 aliphatic carbocycles. The molecule has 2 rings (SSSR count). The first-order valence-corrected chi connectivity index (χ1v) is 7.03. The molecule has 1 saturated heterocycles. The van der Waals surface area contributed by atoms with Crippen LogP contribution in [0.25, 0.3) is 0 Å². The zero-order valence-corrected chi connectivity index (χ0v) is 9.98. The van der Waals surface area contributed by atoms with Gasteiger partial charge in [0.15, 0.2) is 0 Å². The number of hydrogen-bond acceptors (Lipinski definition) is 2. The Balaban J connectivity index is 1.87. The largest absolute Gasteiger partial charge is 0.295 e. The lowest BCUT2D eigenvalue weighted by Crippen LogP contribution is -2.51. The van der Waals surface area contributed by atoms with Gasteiger partial charge in [-0.25, -0.2) is 8.51 Å². The topological polar surface area (TPSA) is 23.6 Å². The Morgan fingerprint density at radius 3 is 2.14 bits per heavy atom. The maximum Gasteiger partial charge on any atom is 0.0911 e. The van der Waals surface area contributed by atoms with Crippen LogP contribution in [0.3, 0.4) is 0 Å². The molecule has 2 fully saturated rings. The van der Waals surface area contributed by atoms with E-state index in [0.717, 1.165) is 26.2 Å². The molecule has 1 atom stereocenters. The summed E-state index contributed by atoms with van der Waals surface area (Å²) >= 11 is 0. The second-order valence-electron chi connectivity index (χ2n) is 4.42. The van der Waals surface area contributed by atoms with Crippen LogP contribution in [0, 0.1) is 0 Å². The summed E-state index contributed by atoms with van der Waals surface area (Å²) in [7, 11) is -0.769. The van der Waals surface area contributed by atoms with Gasteiger partial charge in [-0.1, -0.05) is 6.92 Å². The highest BCUT2D eigenvalue weighted by Crippen LogP contribution is 2.44. The van der Waals surface area contributed by atoms with E-state index in [0.29, 0.717) is 5.54 Å². The van der Waals surface area contributed by atoms with Crippen LogP contribution in [-0.4, -0.2) is 51.4 Å². The molecule has 1 saturated carbocycles. The number of hydrogen-bond donors (Lipinski definition) is 0. The number of piperazine rings is 1. The van der Waals surface area contributed by atoms with E-state index in [4.69, 9.17) is 0 Å². The van der Waals surface area contributed by atoms with Crippen molar-refractivity contribution < 1.29 is 4.21 Å². The molecular formula is C10H20N2OS. The van der Waals surface area contributed by atoms with E-state index in [9.17, 15) is 4.21 Å². The van der Waals surface area contributed by atoms with Crippen LogP contribution in [0.1, 0.15) is 26.2 Å². The van der Waals surface area contributed by atoms with Gasteiger partial charge in [0.05, 0.1) is 11.0 Å². The first kappa shape index (κ1) is 10.6. The van der Waals surface area contributed by atoms with E-state index in [2.05, 4.69) is 16.1 Å². The van der Waals surface area contributed by atoms with Crippen LogP contribution in [0.2, 0.25) is 0 Å². The molecule has 4 heteroatoms. The molecule has 82 valence electrons. The minimum absolute atomic E-state index is 0.543. The summed E-state index contributed by atoms with van der Waals surface area (Å²) < 4.78 is 13.3. The maximum absolute atomic E-state index is 11.3. The molecule has 2 aliphatic rings. The molecule has 14 heavy (non-hydrogen) atoms. The molecule has 0 aromatic carbocycles. The molecule has 0 spiro atoms. The smallest absolute Gasteiger partial charge is 0.0911 e. The van der Waals surface area contributed by atoms with Crippen molar-refractivity contribution in [1.82, 2.24) is 9.21 Å². The van der Waals surface area contributed by atoms with Crippen molar-refractivity contribution in [1.29, 1.82) is 0 Å². The van der Waals surface area contributed by atoms with E-state index >= 15 is 0 Å². The molecule has 0 N–H and O–H groups in total. The molecule has 3 nitrogen and oxygen atoms in total. The van der Waals surface area contributed by atoms with Gasteiger partial charge in [0, 0.05) is 38.0 Å². The van der Waals surface area contributed by atoms with Gasteiger partial charge >= 0.3 is 0 Å². The van der Waals surface area contributed by atoms with Crippen LogP contribution in [-0.2, 0) is 11.0 Å². The van der Waals surface area contributed by atoms with Crippen LogP contribution in [0.4, 0.5) is 0 Å². The van der Waals surface area contributed by atoms with Gasteiger partial charge in [-0.15, -0.1) is 0 Å². The summed E-state index contributed by atoms with van der Waals surface area (Å²) in [4.78, 5) is 2.61. The lowest BCUT2D eigenvalue weighted by molar-refractivity contribution is 0.121. The number of nitrogens with zero attached hydrogens (tertiary/aromatic N) is 2. The lowest BCUT2D eigenvalue weighted by Gasteiger charge is -2.38. The zero-order chi connectivity index (χ0) is 10.2. The normalized spacial score (nSPS) is 30.1. The van der Waals surface area contributed by atoms with Crippen molar-refractivity contribution in [2.45, 2.75) is 31.7 Å². The first-order chi connectivity index (χ1) is 6.68. The van der Waals surface area contributed by atoms with E-state index in [1.54, 1.807) is 6.26 Å². The van der Waals surface area contributed by atoms with Crippen molar-refractivity contribution in [3.63, 3.8) is 0 Å². The lowest BCUT2D eigenvalue weighted by atomic mass is 10.1. The van der Waals surface area contributed by atoms with Gasteiger partial charge in [-0.05, 0) is 19.3 Å². The van der Waals surface area contributed by atoms with E-state index in [-0.39, 0.29) is 0 Å². The van der Waals surface area contributed by atoms with E-state index in [1.165, 1.54) is 19.3 Å². The maximum atomic E-state index is 11.3. The molecule has 1 heterocycles. The van der Waals surface area contributed by atoms with Crippen LogP contribution in [0.15, 0.2) is 0 Å². The molecule has 0 amide bonds. The summed E-state index contributed by atoms with van der Waals surface area (Å²) in [6.07, 6.45) is 5.81. The SMILES string of the molecule is CCC1(N2CCN(S(C)=O)CC2)CC1. The average molecular weight is 216 g/mol. The van der Waals surface area contributed by atoms with Gasteiger partial charge in [0.2, 0.25) is 0 Å². The van der Waals surface area contributed by atoms with Crippen LogP contribution < -0.4 is 0 Å². The predicted octanol–water partition coefficient (Wildman–Crippen LogP) is 0.840. The van der Waals surface area contributed by atoms with Crippen molar-refractivity contribution in [2.75, 3.05) is 32.4 Å². The molecule has 0 aromatic rings. The van der Waals surface area contributed by atoms with Gasteiger partial charge in [-0.2, -0.15) is 0 Å². The number of rotatable bonds is 3. The molecular weight excluding hydrogens is 196 g/mol. The summed E-state index contributed by atoms with van der Waals surface area (Å²) in [5.41, 5.74) is 0.543. The average Bonchev–Trinajstić information content (AvgIpc) is 2.99. The Labute approximate surface area is 89.0 Å². The fourth-order valence-electron chi connectivity index (χ4n) is 2.46. The second kappa shape index (κ2) is 3.91. The van der Waals surface area contributed by atoms with Crippen molar-refractivity contribution in [3.05, 3.63) is 0 Å². The van der Waals surface area contributed by atoms with Gasteiger partial charge in [-0.3, -0.25) is 4.90 Å². The summed E-state index contributed by atoms with van der Waals surface area (Å²) in [6, 6.07) is 0. The van der Waals surface area contributed by atoms with Crippen molar-refractivity contribution in [2.24, 2.45) is 0 Å². The fourth-order valence-corrected chi connectivity index (χ4v) is 3.13. The fraction of sp³-hybridized carbons (Fsp3) is 1.00. The van der Waals surface area contributed by atoms with Gasteiger partial charge < -0.3 is 0 Å². The standard InChI is InChI=1S/C10H20N2OS/c1-3-10(4-5-10)11-6-8-12(9-7-11)14(2)13/h3-9H2,1-2H3. The second-order valence-corrected chi connectivity index (χ2v) is 5.78. The Morgan fingerprint density at radius 2 is 1.79 bits per heavy atom. The Hall–Kier alpha value is 0.0700. The minimum Gasteiger partial charge on any atom is -0.295 e. The van der Waals surface area contributed by atoms with Gasteiger partial charge in [0.25, 0.3) is 0 Å².